The van der Waals surface area contributed by atoms with Gasteiger partial charge in [0.25, 0.3) is 0 Å². The zero-order valence-electron chi connectivity index (χ0n) is 10.5. The lowest BCUT2D eigenvalue weighted by Gasteiger charge is -2.22. The molecule has 0 fully saturated rings. The van der Waals surface area contributed by atoms with Crippen LogP contribution in [0.15, 0.2) is 16.8 Å². The molecule has 0 radical (unpaired) electrons. The minimum Gasteiger partial charge on any atom is -0.384 e. The average Bonchev–Trinajstić information content (AvgIpc) is 2.88. The first-order chi connectivity index (χ1) is 8.45. The summed E-state index contributed by atoms with van der Waals surface area (Å²) in [5.74, 6) is -0.484. The van der Waals surface area contributed by atoms with E-state index in [1.807, 2.05) is 16.8 Å². The molecule has 6 heteroatoms. The van der Waals surface area contributed by atoms with E-state index in [-0.39, 0.29) is 24.9 Å². The molecule has 0 saturated carbocycles. The quantitative estimate of drug-likeness (QED) is 0.708. The van der Waals surface area contributed by atoms with Crippen molar-refractivity contribution < 1.29 is 14.7 Å². The van der Waals surface area contributed by atoms with Gasteiger partial charge in [0.1, 0.15) is 5.60 Å². The minimum atomic E-state index is -1.09. The van der Waals surface area contributed by atoms with E-state index in [1.54, 1.807) is 13.8 Å². The fourth-order valence-electron chi connectivity index (χ4n) is 1.31. The van der Waals surface area contributed by atoms with E-state index < -0.39 is 5.60 Å². The van der Waals surface area contributed by atoms with Gasteiger partial charge in [-0.1, -0.05) is 6.92 Å². The van der Waals surface area contributed by atoms with E-state index in [4.69, 9.17) is 0 Å². The van der Waals surface area contributed by atoms with E-state index in [1.165, 1.54) is 11.3 Å². The molecule has 5 nitrogen and oxygen atoms in total. The molecule has 0 saturated heterocycles. The molecule has 18 heavy (non-hydrogen) atoms. The maximum atomic E-state index is 11.4. The zero-order valence-corrected chi connectivity index (χ0v) is 11.3. The van der Waals surface area contributed by atoms with Crippen molar-refractivity contribution in [1.82, 2.24) is 10.6 Å². The Morgan fingerprint density at radius 1 is 1.39 bits per heavy atom. The van der Waals surface area contributed by atoms with Gasteiger partial charge in [-0.05, 0) is 29.3 Å². The SMILES string of the molecule is CCC(=O)NCC(=O)NCC(C)(O)c1ccsc1. The van der Waals surface area contributed by atoms with E-state index in [0.717, 1.165) is 5.56 Å². The molecule has 1 rings (SSSR count). The fraction of sp³-hybridized carbons (Fsp3) is 0.500. The van der Waals surface area contributed by atoms with Crippen LogP contribution in [0.3, 0.4) is 0 Å². The number of carbonyl (C=O) groups is 2. The Morgan fingerprint density at radius 2 is 2.11 bits per heavy atom. The number of hydrogen-bond acceptors (Lipinski definition) is 4. The molecule has 0 bridgehead atoms. The van der Waals surface area contributed by atoms with Crippen molar-refractivity contribution in [1.29, 1.82) is 0 Å². The predicted octanol–water partition coefficient (Wildman–Crippen LogP) is 0.598. The number of hydrogen-bond donors (Lipinski definition) is 3. The standard InChI is InChI=1S/C12H18N2O3S/c1-3-10(15)13-6-11(16)14-8-12(2,17)9-4-5-18-7-9/h4-5,7,17H,3,6,8H2,1-2H3,(H,13,15)(H,14,16). The fourth-order valence-corrected chi connectivity index (χ4v) is 2.09. The lowest BCUT2D eigenvalue weighted by molar-refractivity contribution is -0.126. The maximum absolute atomic E-state index is 11.4. The van der Waals surface area contributed by atoms with Gasteiger partial charge in [-0.2, -0.15) is 11.3 Å². The Balaban J connectivity index is 2.36. The number of thiophene rings is 1. The Labute approximate surface area is 110 Å². The highest BCUT2D eigenvalue weighted by molar-refractivity contribution is 7.08. The third-order valence-electron chi connectivity index (χ3n) is 2.54. The first-order valence-corrected chi connectivity index (χ1v) is 6.68. The molecule has 0 aliphatic carbocycles. The van der Waals surface area contributed by atoms with Crippen LogP contribution in [0.2, 0.25) is 0 Å². The second-order valence-electron chi connectivity index (χ2n) is 4.19. The topological polar surface area (TPSA) is 78.4 Å². The molecule has 1 heterocycles. The van der Waals surface area contributed by atoms with Crippen LogP contribution < -0.4 is 10.6 Å². The minimum absolute atomic E-state index is 0.0631. The van der Waals surface area contributed by atoms with Gasteiger partial charge in [-0.25, -0.2) is 0 Å². The van der Waals surface area contributed by atoms with Gasteiger partial charge in [-0.3, -0.25) is 9.59 Å². The van der Waals surface area contributed by atoms with Gasteiger partial charge in [0.2, 0.25) is 11.8 Å². The highest BCUT2D eigenvalue weighted by Gasteiger charge is 2.24. The largest absolute Gasteiger partial charge is 0.384 e. The number of amides is 2. The van der Waals surface area contributed by atoms with Crippen LogP contribution in [0.4, 0.5) is 0 Å². The summed E-state index contributed by atoms with van der Waals surface area (Å²) in [4.78, 5) is 22.4. The molecule has 0 aliphatic rings. The Bertz CT molecular complexity index is 401. The van der Waals surface area contributed by atoms with Crippen LogP contribution >= 0.6 is 11.3 Å². The Hall–Kier alpha value is -1.40. The van der Waals surface area contributed by atoms with E-state index in [2.05, 4.69) is 10.6 Å². The molecule has 1 atom stereocenters. The lowest BCUT2D eigenvalue weighted by atomic mass is 9.99. The molecule has 1 unspecified atom stereocenters. The third kappa shape index (κ3) is 4.46. The number of nitrogens with one attached hydrogen (secondary N) is 2. The van der Waals surface area contributed by atoms with Crippen molar-refractivity contribution in [2.24, 2.45) is 0 Å². The monoisotopic (exact) mass is 270 g/mol. The maximum Gasteiger partial charge on any atom is 0.239 e. The molecule has 2 amide bonds. The first kappa shape index (κ1) is 14.7. The average molecular weight is 270 g/mol. The van der Waals surface area contributed by atoms with Gasteiger partial charge < -0.3 is 15.7 Å². The molecule has 1 aromatic rings. The van der Waals surface area contributed by atoms with Crippen molar-refractivity contribution in [2.45, 2.75) is 25.9 Å². The van der Waals surface area contributed by atoms with Gasteiger partial charge >= 0.3 is 0 Å². The Morgan fingerprint density at radius 3 is 2.67 bits per heavy atom. The second kappa shape index (κ2) is 6.51. The van der Waals surface area contributed by atoms with Gasteiger partial charge in [0.05, 0.1) is 13.1 Å². The van der Waals surface area contributed by atoms with Crippen LogP contribution in [-0.2, 0) is 15.2 Å². The Kier molecular flexibility index (Phi) is 5.30. The number of carbonyl (C=O) groups excluding carboxylic acids is 2. The van der Waals surface area contributed by atoms with Crippen molar-refractivity contribution in [3.05, 3.63) is 22.4 Å². The summed E-state index contributed by atoms with van der Waals surface area (Å²) in [5, 5.41) is 18.9. The summed E-state index contributed by atoms with van der Waals surface area (Å²) in [5.41, 5.74) is -0.324. The second-order valence-corrected chi connectivity index (χ2v) is 4.97. The summed E-state index contributed by atoms with van der Waals surface area (Å²) < 4.78 is 0. The normalized spacial score (nSPS) is 13.7. The summed E-state index contributed by atoms with van der Waals surface area (Å²) in [6.07, 6.45) is 0.347. The van der Waals surface area contributed by atoms with Crippen molar-refractivity contribution in [3.63, 3.8) is 0 Å². The number of rotatable bonds is 6. The van der Waals surface area contributed by atoms with Crippen molar-refractivity contribution in [3.8, 4) is 0 Å². The molecule has 0 spiro atoms. The summed E-state index contributed by atoms with van der Waals surface area (Å²) in [7, 11) is 0. The molecule has 1 aromatic heterocycles. The third-order valence-corrected chi connectivity index (χ3v) is 3.22. The van der Waals surface area contributed by atoms with Crippen LogP contribution in [0, 0.1) is 0 Å². The highest BCUT2D eigenvalue weighted by atomic mass is 32.1. The van der Waals surface area contributed by atoms with E-state index in [9.17, 15) is 14.7 Å². The van der Waals surface area contributed by atoms with Crippen LogP contribution in [0.25, 0.3) is 0 Å². The van der Waals surface area contributed by atoms with E-state index >= 15 is 0 Å². The van der Waals surface area contributed by atoms with Crippen LogP contribution in [0.1, 0.15) is 25.8 Å². The van der Waals surface area contributed by atoms with Crippen LogP contribution in [0.5, 0.6) is 0 Å². The van der Waals surface area contributed by atoms with Crippen LogP contribution in [-0.4, -0.2) is 30.0 Å². The van der Waals surface area contributed by atoms with Gasteiger partial charge in [0.15, 0.2) is 0 Å². The van der Waals surface area contributed by atoms with Gasteiger partial charge in [0, 0.05) is 6.42 Å². The molecular formula is C12H18N2O3S. The van der Waals surface area contributed by atoms with Crippen molar-refractivity contribution in [2.75, 3.05) is 13.1 Å². The lowest BCUT2D eigenvalue weighted by Crippen LogP contribution is -2.43. The number of aliphatic hydroxyl groups is 1. The summed E-state index contributed by atoms with van der Waals surface area (Å²) in [6.45, 7) is 3.41. The van der Waals surface area contributed by atoms with E-state index in [0.29, 0.717) is 6.42 Å². The highest BCUT2D eigenvalue weighted by Crippen LogP contribution is 2.21. The molecule has 3 N–H and O–H groups in total. The molecule has 100 valence electrons. The zero-order chi connectivity index (χ0) is 13.6. The van der Waals surface area contributed by atoms with Crippen molar-refractivity contribution >= 4 is 23.2 Å². The van der Waals surface area contributed by atoms with Gasteiger partial charge in [-0.15, -0.1) is 0 Å². The smallest absolute Gasteiger partial charge is 0.239 e. The molecular weight excluding hydrogens is 252 g/mol. The summed E-state index contributed by atoms with van der Waals surface area (Å²) >= 11 is 1.49. The molecule has 0 aromatic carbocycles. The molecule has 0 aliphatic heterocycles. The predicted molar refractivity (Wildman–Crippen MR) is 70.2 cm³/mol. The first-order valence-electron chi connectivity index (χ1n) is 5.74. The summed E-state index contributed by atoms with van der Waals surface area (Å²) in [6, 6.07) is 1.82.